The molecule has 0 heterocycles. The van der Waals surface area contributed by atoms with Gasteiger partial charge in [-0.1, -0.05) is 27.2 Å². The molecule has 0 aliphatic rings. The van der Waals surface area contributed by atoms with Gasteiger partial charge in [0.1, 0.15) is 0 Å². The highest BCUT2D eigenvalue weighted by molar-refractivity contribution is 4.72. The third-order valence-corrected chi connectivity index (χ3v) is 2.91. The molecule has 0 aromatic rings. The van der Waals surface area contributed by atoms with E-state index in [2.05, 4.69) is 33.0 Å². The van der Waals surface area contributed by atoms with Gasteiger partial charge in [0.25, 0.3) is 0 Å². The average molecular weight is 215 g/mol. The van der Waals surface area contributed by atoms with E-state index in [1.165, 1.54) is 25.7 Å². The first kappa shape index (κ1) is 14.9. The molecule has 0 amide bonds. The minimum atomic E-state index is 0.676. The Morgan fingerprint density at radius 2 is 1.87 bits per heavy atom. The van der Waals surface area contributed by atoms with E-state index in [1.54, 1.807) is 0 Å². The lowest BCUT2D eigenvalue weighted by atomic mass is 9.93. The SMILES string of the molecule is CCCC(C)C(CCCOCC)NCC. The summed E-state index contributed by atoms with van der Waals surface area (Å²) in [5.74, 6) is 0.788. The van der Waals surface area contributed by atoms with Crippen molar-refractivity contribution in [1.82, 2.24) is 5.32 Å². The topological polar surface area (TPSA) is 21.3 Å². The Bertz CT molecular complexity index is 128. The molecule has 2 atom stereocenters. The van der Waals surface area contributed by atoms with Crippen LogP contribution in [0.15, 0.2) is 0 Å². The van der Waals surface area contributed by atoms with E-state index in [0.717, 1.165) is 25.7 Å². The summed E-state index contributed by atoms with van der Waals surface area (Å²) in [5, 5.41) is 3.59. The highest BCUT2D eigenvalue weighted by Crippen LogP contribution is 2.15. The van der Waals surface area contributed by atoms with Gasteiger partial charge in [-0.05, 0) is 38.6 Å². The maximum Gasteiger partial charge on any atom is 0.0466 e. The Balaban J connectivity index is 3.71. The molecule has 0 spiro atoms. The van der Waals surface area contributed by atoms with Gasteiger partial charge in [-0.2, -0.15) is 0 Å². The Hall–Kier alpha value is -0.0800. The van der Waals surface area contributed by atoms with Crippen LogP contribution >= 0.6 is 0 Å². The molecule has 0 saturated carbocycles. The second-order valence-electron chi connectivity index (χ2n) is 4.27. The molecule has 0 aliphatic heterocycles. The maximum atomic E-state index is 5.37. The second-order valence-corrected chi connectivity index (χ2v) is 4.27. The van der Waals surface area contributed by atoms with Gasteiger partial charge >= 0.3 is 0 Å². The van der Waals surface area contributed by atoms with Crippen LogP contribution in [0.2, 0.25) is 0 Å². The largest absolute Gasteiger partial charge is 0.382 e. The van der Waals surface area contributed by atoms with Gasteiger partial charge in [-0.25, -0.2) is 0 Å². The fraction of sp³-hybridized carbons (Fsp3) is 1.00. The fourth-order valence-electron chi connectivity index (χ4n) is 2.06. The third kappa shape index (κ3) is 7.80. The molecule has 0 fully saturated rings. The third-order valence-electron chi connectivity index (χ3n) is 2.91. The molecule has 0 aliphatic carbocycles. The summed E-state index contributed by atoms with van der Waals surface area (Å²) >= 11 is 0. The number of rotatable bonds is 10. The highest BCUT2D eigenvalue weighted by atomic mass is 16.5. The van der Waals surface area contributed by atoms with Crippen molar-refractivity contribution in [3.05, 3.63) is 0 Å². The lowest BCUT2D eigenvalue weighted by Crippen LogP contribution is -2.35. The molecule has 15 heavy (non-hydrogen) atoms. The smallest absolute Gasteiger partial charge is 0.0466 e. The van der Waals surface area contributed by atoms with E-state index < -0.39 is 0 Å². The van der Waals surface area contributed by atoms with Gasteiger partial charge in [0.15, 0.2) is 0 Å². The number of hydrogen-bond acceptors (Lipinski definition) is 2. The number of ether oxygens (including phenoxy) is 1. The van der Waals surface area contributed by atoms with Gasteiger partial charge in [-0.3, -0.25) is 0 Å². The van der Waals surface area contributed by atoms with Crippen LogP contribution in [0.4, 0.5) is 0 Å². The Kier molecular flexibility index (Phi) is 10.4. The quantitative estimate of drug-likeness (QED) is 0.565. The van der Waals surface area contributed by atoms with Crippen molar-refractivity contribution in [1.29, 1.82) is 0 Å². The van der Waals surface area contributed by atoms with E-state index in [-0.39, 0.29) is 0 Å². The van der Waals surface area contributed by atoms with Gasteiger partial charge in [0.05, 0.1) is 0 Å². The standard InChI is InChI=1S/C13H29NO/c1-5-9-12(4)13(14-6-2)10-8-11-15-7-3/h12-14H,5-11H2,1-4H3. The highest BCUT2D eigenvalue weighted by Gasteiger charge is 2.14. The van der Waals surface area contributed by atoms with Crippen LogP contribution in [0.25, 0.3) is 0 Å². The van der Waals surface area contributed by atoms with Crippen LogP contribution < -0.4 is 5.32 Å². The second kappa shape index (κ2) is 10.4. The van der Waals surface area contributed by atoms with Crippen molar-refractivity contribution in [2.24, 2.45) is 5.92 Å². The molecule has 2 nitrogen and oxygen atoms in total. The Morgan fingerprint density at radius 1 is 1.13 bits per heavy atom. The number of hydrogen-bond donors (Lipinski definition) is 1. The summed E-state index contributed by atoms with van der Waals surface area (Å²) in [4.78, 5) is 0. The molecular formula is C13H29NO. The Morgan fingerprint density at radius 3 is 2.40 bits per heavy atom. The average Bonchev–Trinajstić information content (AvgIpc) is 2.23. The summed E-state index contributed by atoms with van der Waals surface area (Å²) in [6.45, 7) is 11.7. The molecule has 2 unspecified atom stereocenters. The molecule has 0 bridgehead atoms. The van der Waals surface area contributed by atoms with Crippen LogP contribution in [0.1, 0.15) is 53.4 Å². The summed E-state index contributed by atoms with van der Waals surface area (Å²) in [7, 11) is 0. The van der Waals surface area contributed by atoms with Crippen LogP contribution in [-0.4, -0.2) is 25.8 Å². The lowest BCUT2D eigenvalue weighted by Gasteiger charge is -2.24. The van der Waals surface area contributed by atoms with E-state index in [0.29, 0.717) is 6.04 Å². The maximum absolute atomic E-state index is 5.37. The van der Waals surface area contributed by atoms with E-state index in [4.69, 9.17) is 4.74 Å². The molecule has 1 N–H and O–H groups in total. The zero-order valence-corrected chi connectivity index (χ0v) is 11.0. The summed E-state index contributed by atoms with van der Waals surface area (Å²) in [6, 6.07) is 0.676. The fourth-order valence-corrected chi connectivity index (χ4v) is 2.06. The van der Waals surface area contributed by atoms with Gasteiger partial charge in [0, 0.05) is 19.3 Å². The summed E-state index contributed by atoms with van der Waals surface area (Å²) < 4.78 is 5.37. The molecule has 0 saturated heterocycles. The van der Waals surface area contributed by atoms with Crippen molar-refractivity contribution < 1.29 is 4.74 Å². The van der Waals surface area contributed by atoms with Crippen LogP contribution in [0.5, 0.6) is 0 Å². The van der Waals surface area contributed by atoms with Gasteiger partial charge < -0.3 is 10.1 Å². The first-order chi connectivity index (χ1) is 7.26. The molecule has 0 rings (SSSR count). The first-order valence-electron chi connectivity index (χ1n) is 6.57. The van der Waals surface area contributed by atoms with Gasteiger partial charge in [0.2, 0.25) is 0 Å². The van der Waals surface area contributed by atoms with Crippen molar-refractivity contribution >= 4 is 0 Å². The van der Waals surface area contributed by atoms with Gasteiger partial charge in [-0.15, -0.1) is 0 Å². The molecule has 0 aromatic carbocycles. The van der Waals surface area contributed by atoms with Crippen molar-refractivity contribution in [3.63, 3.8) is 0 Å². The van der Waals surface area contributed by atoms with E-state index >= 15 is 0 Å². The summed E-state index contributed by atoms with van der Waals surface area (Å²) in [6.07, 6.45) is 5.04. The van der Waals surface area contributed by atoms with Crippen LogP contribution in [0.3, 0.4) is 0 Å². The Labute approximate surface area is 95.8 Å². The lowest BCUT2D eigenvalue weighted by molar-refractivity contribution is 0.138. The minimum absolute atomic E-state index is 0.676. The normalized spacial score (nSPS) is 15.2. The van der Waals surface area contributed by atoms with E-state index in [1.807, 2.05) is 0 Å². The predicted octanol–water partition coefficient (Wildman–Crippen LogP) is 3.22. The van der Waals surface area contributed by atoms with Crippen LogP contribution in [-0.2, 0) is 4.74 Å². The summed E-state index contributed by atoms with van der Waals surface area (Å²) in [5.41, 5.74) is 0. The monoisotopic (exact) mass is 215 g/mol. The van der Waals surface area contributed by atoms with E-state index in [9.17, 15) is 0 Å². The molecule has 0 radical (unpaired) electrons. The molecule has 2 heteroatoms. The molecular weight excluding hydrogens is 186 g/mol. The zero-order valence-electron chi connectivity index (χ0n) is 11.0. The minimum Gasteiger partial charge on any atom is -0.382 e. The van der Waals surface area contributed by atoms with Crippen LogP contribution in [0, 0.1) is 5.92 Å². The predicted molar refractivity (Wildman–Crippen MR) is 67.3 cm³/mol. The molecule has 92 valence electrons. The van der Waals surface area contributed by atoms with Crippen molar-refractivity contribution in [2.75, 3.05) is 19.8 Å². The number of nitrogens with one attached hydrogen (secondary N) is 1. The first-order valence-corrected chi connectivity index (χ1v) is 6.57. The zero-order chi connectivity index (χ0) is 11.5. The van der Waals surface area contributed by atoms with Crippen molar-refractivity contribution in [2.45, 2.75) is 59.4 Å². The van der Waals surface area contributed by atoms with Crippen molar-refractivity contribution in [3.8, 4) is 0 Å². The molecule has 0 aromatic heterocycles.